The summed E-state index contributed by atoms with van der Waals surface area (Å²) >= 11 is 0. The minimum absolute atomic E-state index is 0.102. The summed E-state index contributed by atoms with van der Waals surface area (Å²) in [5, 5.41) is 0. The smallest absolute Gasteiger partial charge is 0.298 e. The number of fused-ring (bicyclic) bond motifs is 1. The molecule has 0 bridgehead atoms. The summed E-state index contributed by atoms with van der Waals surface area (Å²) in [7, 11) is -0.179. The van der Waals surface area contributed by atoms with Crippen molar-refractivity contribution in [1.29, 1.82) is 0 Å². The van der Waals surface area contributed by atoms with Gasteiger partial charge in [0.15, 0.2) is 6.23 Å². The molecule has 0 N–H and O–H groups in total. The van der Waals surface area contributed by atoms with E-state index in [0.29, 0.717) is 5.92 Å². The van der Waals surface area contributed by atoms with Crippen LogP contribution in [0.3, 0.4) is 0 Å². The summed E-state index contributed by atoms with van der Waals surface area (Å²) < 4.78 is 38.1. The summed E-state index contributed by atoms with van der Waals surface area (Å²) in [6.07, 6.45) is -0.575. The van der Waals surface area contributed by atoms with Gasteiger partial charge in [-0.1, -0.05) is 48.0 Å². The SMILES string of the molecule is COc1cc(N2CC3CN(C)CC3C2OS(=O)(=O)c2ccc(C)cc2)ccc1-c1ccccc1. The Balaban J connectivity index is 1.49. The lowest BCUT2D eigenvalue weighted by Crippen LogP contribution is -2.39. The van der Waals surface area contributed by atoms with Gasteiger partial charge in [-0.3, -0.25) is 0 Å². The highest BCUT2D eigenvalue weighted by Gasteiger charge is 2.49. The molecule has 5 rings (SSSR count). The summed E-state index contributed by atoms with van der Waals surface area (Å²) in [6, 6.07) is 23.0. The maximum Gasteiger partial charge on any atom is 0.298 e. The molecule has 2 fully saturated rings. The van der Waals surface area contributed by atoms with Gasteiger partial charge >= 0.3 is 0 Å². The lowest BCUT2D eigenvalue weighted by atomic mass is 10.00. The molecule has 3 aromatic carbocycles. The zero-order chi connectivity index (χ0) is 23.9. The minimum Gasteiger partial charge on any atom is -0.496 e. The number of benzene rings is 3. The average Bonchev–Trinajstić information content (AvgIpc) is 3.36. The largest absolute Gasteiger partial charge is 0.496 e. The van der Waals surface area contributed by atoms with Crippen LogP contribution in [0.5, 0.6) is 5.75 Å². The highest BCUT2D eigenvalue weighted by Crippen LogP contribution is 2.42. The van der Waals surface area contributed by atoms with E-state index in [9.17, 15) is 8.42 Å². The van der Waals surface area contributed by atoms with Gasteiger partial charge in [-0.25, -0.2) is 4.18 Å². The Labute approximate surface area is 201 Å². The Kier molecular flexibility index (Phi) is 6.10. The third-order valence-corrected chi connectivity index (χ3v) is 8.22. The fourth-order valence-corrected chi connectivity index (χ4v) is 6.29. The number of ether oxygens (including phenoxy) is 1. The van der Waals surface area contributed by atoms with Gasteiger partial charge in [-0.15, -0.1) is 0 Å². The fraction of sp³-hybridized carbons (Fsp3) is 0.333. The van der Waals surface area contributed by atoms with Crippen LogP contribution in [0.4, 0.5) is 5.69 Å². The average molecular weight is 479 g/mol. The second kappa shape index (κ2) is 9.06. The Morgan fingerprint density at radius 1 is 0.912 bits per heavy atom. The molecule has 6 nitrogen and oxygen atoms in total. The molecule has 0 aromatic heterocycles. The molecule has 0 saturated carbocycles. The molecule has 0 amide bonds. The molecule has 2 heterocycles. The maximum atomic E-state index is 13.2. The topological polar surface area (TPSA) is 59.1 Å². The Hall–Kier alpha value is -2.87. The number of anilines is 1. The van der Waals surface area contributed by atoms with Gasteiger partial charge in [0.2, 0.25) is 0 Å². The molecule has 0 aliphatic carbocycles. The normalized spacial score (nSPS) is 22.7. The zero-order valence-corrected chi connectivity index (χ0v) is 20.5. The van der Waals surface area contributed by atoms with E-state index in [-0.39, 0.29) is 10.8 Å². The maximum absolute atomic E-state index is 13.2. The first kappa shape index (κ1) is 22.9. The van der Waals surface area contributed by atoms with Crippen molar-refractivity contribution in [3.8, 4) is 16.9 Å². The van der Waals surface area contributed by atoms with Gasteiger partial charge < -0.3 is 14.5 Å². The van der Waals surface area contributed by atoms with Crippen LogP contribution in [-0.4, -0.2) is 53.3 Å². The van der Waals surface area contributed by atoms with Crippen LogP contribution in [0.2, 0.25) is 0 Å². The number of nitrogens with zero attached hydrogens (tertiary/aromatic N) is 2. The molecule has 2 aliphatic heterocycles. The van der Waals surface area contributed by atoms with Crippen LogP contribution in [-0.2, 0) is 14.3 Å². The van der Waals surface area contributed by atoms with Crippen molar-refractivity contribution in [1.82, 2.24) is 4.90 Å². The number of methoxy groups -OCH3 is 1. The molecule has 178 valence electrons. The summed E-state index contributed by atoms with van der Waals surface area (Å²) in [5.41, 5.74) is 3.97. The van der Waals surface area contributed by atoms with Crippen LogP contribution < -0.4 is 9.64 Å². The van der Waals surface area contributed by atoms with Crippen LogP contribution in [0.15, 0.2) is 77.7 Å². The highest BCUT2D eigenvalue weighted by atomic mass is 32.2. The molecule has 7 heteroatoms. The van der Waals surface area contributed by atoms with E-state index in [0.717, 1.165) is 47.8 Å². The molecule has 3 aromatic rings. The van der Waals surface area contributed by atoms with Crippen LogP contribution in [0, 0.1) is 18.8 Å². The molecule has 34 heavy (non-hydrogen) atoms. The van der Waals surface area contributed by atoms with E-state index >= 15 is 0 Å². The summed E-state index contributed by atoms with van der Waals surface area (Å²) in [5.74, 6) is 1.19. The number of rotatable bonds is 6. The predicted molar refractivity (Wildman–Crippen MR) is 133 cm³/mol. The molecule has 2 aliphatic rings. The zero-order valence-electron chi connectivity index (χ0n) is 19.7. The standard InChI is InChI=1S/C27H30N2O4S/c1-19-9-12-23(13-10-19)34(30,31)33-27-25-18-28(2)16-21(25)17-29(27)22-11-14-24(26(15-22)32-3)20-7-5-4-6-8-20/h4-15,21,25,27H,16-18H2,1-3H3. The van der Waals surface area contributed by atoms with E-state index in [1.54, 1.807) is 31.4 Å². The van der Waals surface area contributed by atoms with Gasteiger partial charge in [0.05, 0.1) is 12.0 Å². The van der Waals surface area contributed by atoms with Crippen LogP contribution >= 0.6 is 0 Å². The molecule has 2 saturated heterocycles. The monoisotopic (exact) mass is 478 g/mol. The van der Waals surface area contributed by atoms with Crippen LogP contribution in [0.25, 0.3) is 11.1 Å². The number of aryl methyl sites for hydroxylation is 1. The lowest BCUT2D eigenvalue weighted by Gasteiger charge is -2.30. The first-order valence-electron chi connectivity index (χ1n) is 11.5. The minimum atomic E-state index is -3.92. The third-order valence-electron chi connectivity index (χ3n) is 6.92. The van der Waals surface area contributed by atoms with Gasteiger partial charge in [0.25, 0.3) is 10.1 Å². The van der Waals surface area contributed by atoms with Gasteiger partial charge in [0.1, 0.15) is 5.75 Å². The number of hydrogen-bond donors (Lipinski definition) is 0. The van der Waals surface area contributed by atoms with Crippen molar-refractivity contribution < 1.29 is 17.3 Å². The second-order valence-corrected chi connectivity index (χ2v) is 10.9. The van der Waals surface area contributed by atoms with Crippen molar-refractivity contribution in [3.63, 3.8) is 0 Å². The Bertz CT molecular complexity index is 1260. The molecular weight excluding hydrogens is 448 g/mol. The number of hydrogen-bond acceptors (Lipinski definition) is 6. The van der Waals surface area contributed by atoms with Crippen LogP contribution in [0.1, 0.15) is 5.56 Å². The first-order valence-corrected chi connectivity index (χ1v) is 12.9. The molecule has 0 radical (unpaired) electrons. The van der Waals surface area contributed by atoms with Gasteiger partial charge in [-0.05, 0) is 49.7 Å². The van der Waals surface area contributed by atoms with E-state index in [1.807, 2.05) is 55.5 Å². The van der Waals surface area contributed by atoms with Crippen molar-refractivity contribution in [2.75, 3.05) is 38.7 Å². The van der Waals surface area contributed by atoms with Gasteiger partial charge in [0, 0.05) is 42.9 Å². The Morgan fingerprint density at radius 3 is 2.35 bits per heavy atom. The first-order chi connectivity index (χ1) is 16.4. The fourth-order valence-electron chi connectivity index (χ4n) is 5.20. The lowest BCUT2D eigenvalue weighted by molar-refractivity contribution is 0.160. The quantitative estimate of drug-likeness (QED) is 0.490. The molecular formula is C27H30N2O4S. The molecule has 3 unspecified atom stereocenters. The van der Waals surface area contributed by atoms with E-state index in [1.165, 1.54) is 0 Å². The highest BCUT2D eigenvalue weighted by molar-refractivity contribution is 7.86. The Morgan fingerprint density at radius 2 is 1.65 bits per heavy atom. The molecule has 3 atom stereocenters. The van der Waals surface area contributed by atoms with Crippen molar-refractivity contribution >= 4 is 15.8 Å². The summed E-state index contributed by atoms with van der Waals surface area (Å²) in [4.78, 5) is 4.52. The van der Waals surface area contributed by atoms with E-state index in [2.05, 4.69) is 16.8 Å². The second-order valence-electron chi connectivity index (χ2n) is 9.30. The van der Waals surface area contributed by atoms with Gasteiger partial charge in [-0.2, -0.15) is 8.42 Å². The molecule has 0 spiro atoms. The van der Waals surface area contributed by atoms with Crippen molar-refractivity contribution in [2.24, 2.45) is 11.8 Å². The predicted octanol–water partition coefficient (Wildman–Crippen LogP) is 4.40. The van der Waals surface area contributed by atoms with E-state index in [4.69, 9.17) is 8.92 Å². The van der Waals surface area contributed by atoms with E-state index < -0.39 is 16.3 Å². The van der Waals surface area contributed by atoms with Crippen molar-refractivity contribution in [3.05, 3.63) is 78.4 Å². The summed E-state index contributed by atoms with van der Waals surface area (Å²) in [6.45, 7) is 4.39. The van der Waals surface area contributed by atoms with Crippen molar-refractivity contribution in [2.45, 2.75) is 18.0 Å². The third kappa shape index (κ3) is 4.31. The number of likely N-dealkylation sites (tertiary alicyclic amines) is 1.